The number of aromatic amines is 1. The fourth-order valence-corrected chi connectivity index (χ4v) is 2.85. The number of carbonyl (C=O) groups is 1. The molecule has 3 aromatic rings. The van der Waals surface area contributed by atoms with E-state index in [2.05, 4.69) is 39.2 Å². The summed E-state index contributed by atoms with van der Waals surface area (Å²) in [5.74, 6) is -0.152. The number of amides is 1. The first-order valence-corrected chi connectivity index (χ1v) is 7.74. The monoisotopic (exact) mass is 354 g/mol. The molecule has 0 saturated heterocycles. The zero-order valence-corrected chi connectivity index (χ0v) is 13.6. The summed E-state index contributed by atoms with van der Waals surface area (Å²) in [4.78, 5) is 15.2. The molecule has 2 N–H and O–H groups in total. The van der Waals surface area contributed by atoms with Gasteiger partial charge < -0.3 is 10.3 Å². The van der Waals surface area contributed by atoms with E-state index in [4.69, 9.17) is 0 Å². The summed E-state index contributed by atoms with van der Waals surface area (Å²) in [6.45, 7) is 2.06. The van der Waals surface area contributed by atoms with Crippen LogP contribution in [0.3, 0.4) is 0 Å². The van der Waals surface area contributed by atoms with E-state index in [0.29, 0.717) is 0 Å². The molecule has 0 radical (unpaired) electrons. The number of H-pyrrole nitrogens is 1. The quantitative estimate of drug-likeness (QED) is 0.646. The number of aryl methyl sites for hydroxylation is 1. The summed E-state index contributed by atoms with van der Waals surface area (Å²) in [5.41, 5.74) is 4.04. The molecule has 0 saturated carbocycles. The van der Waals surface area contributed by atoms with Gasteiger partial charge in [0.15, 0.2) is 0 Å². The van der Waals surface area contributed by atoms with Crippen molar-refractivity contribution in [1.82, 2.24) is 4.98 Å². The van der Waals surface area contributed by atoms with Gasteiger partial charge in [0.2, 0.25) is 5.91 Å². The molecule has 1 heterocycles. The van der Waals surface area contributed by atoms with Crippen molar-refractivity contribution < 1.29 is 4.79 Å². The lowest BCUT2D eigenvalue weighted by molar-refractivity contribution is -0.111. The summed E-state index contributed by atoms with van der Waals surface area (Å²) >= 11 is 3.38. The van der Waals surface area contributed by atoms with Crippen LogP contribution in [0.15, 0.2) is 59.2 Å². The molecule has 0 aliphatic carbocycles. The molecule has 0 unspecified atom stereocenters. The topological polar surface area (TPSA) is 44.9 Å². The van der Waals surface area contributed by atoms with Gasteiger partial charge in [-0.05, 0) is 42.8 Å². The number of fused-ring (bicyclic) bond motifs is 1. The van der Waals surface area contributed by atoms with Gasteiger partial charge in [0.05, 0.1) is 0 Å². The Bertz CT molecular complexity index is 864. The van der Waals surface area contributed by atoms with E-state index in [9.17, 15) is 4.79 Å². The Labute approximate surface area is 137 Å². The van der Waals surface area contributed by atoms with Crippen LogP contribution < -0.4 is 5.32 Å². The molecule has 3 nitrogen and oxygen atoms in total. The normalized spacial score (nSPS) is 11.2. The first kappa shape index (κ1) is 14.6. The predicted octanol–water partition coefficient (Wildman–Crippen LogP) is 4.89. The molecule has 0 aliphatic heterocycles. The van der Waals surface area contributed by atoms with E-state index >= 15 is 0 Å². The number of nitrogens with one attached hydrogen (secondary N) is 2. The SMILES string of the molecule is Cc1cccc2[nH]cc(/C=C/C(=O)Nc3cccc(Br)c3)c12. The number of aromatic nitrogens is 1. The van der Waals surface area contributed by atoms with E-state index in [1.54, 1.807) is 6.08 Å². The predicted molar refractivity (Wildman–Crippen MR) is 94.8 cm³/mol. The third-order valence-corrected chi connectivity index (χ3v) is 3.94. The van der Waals surface area contributed by atoms with Gasteiger partial charge in [-0.1, -0.05) is 34.1 Å². The number of hydrogen-bond donors (Lipinski definition) is 2. The van der Waals surface area contributed by atoms with Crippen LogP contribution in [0.2, 0.25) is 0 Å². The van der Waals surface area contributed by atoms with Crippen molar-refractivity contribution in [2.24, 2.45) is 0 Å². The third kappa shape index (κ3) is 3.12. The molecular weight excluding hydrogens is 340 g/mol. The zero-order chi connectivity index (χ0) is 15.5. The molecule has 0 bridgehead atoms. The Hall–Kier alpha value is -2.33. The highest BCUT2D eigenvalue weighted by Gasteiger charge is 2.04. The molecule has 1 aromatic heterocycles. The van der Waals surface area contributed by atoms with Gasteiger partial charge in [-0.2, -0.15) is 0 Å². The minimum atomic E-state index is -0.152. The average Bonchev–Trinajstić information content (AvgIpc) is 2.90. The van der Waals surface area contributed by atoms with Crippen LogP contribution in [0.25, 0.3) is 17.0 Å². The lowest BCUT2D eigenvalue weighted by atomic mass is 10.1. The van der Waals surface area contributed by atoms with E-state index in [1.807, 2.05) is 48.7 Å². The summed E-state index contributed by atoms with van der Waals surface area (Å²) in [5, 5.41) is 3.99. The smallest absolute Gasteiger partial charge is 0.248 e. The Balaban J connectivity index is 1.79. The van der Waals surface area contributed by atoms with E-state index in [-0.39, 0.29) is 5.91 Å². The van der Waals surface area contributed by atoms with Crippen molar-refractivity contribution in [3.63, 3.8) is 0 Å². The minimum absolute atomic E-state index is 0.152. The molecule has 2 aromatic carbocycles. The molecule has 3 rings (SSSR count). The fourth-order valence-electron chi connectivity index (χ4n) is 2.45. The van der Waals surface area contributed by atoms with Crippen molar-refractivity contribution >= 4 is 44.5 Å². The molecular formula is C18H15BrN2O. The molecule has 0 fully saturated rings. The maximum atomic E-state index is 12.0. The van der Waals surface area contributed by atoms with Gasteiger partial charge in [0.1, 0.15) is 0 Å². The van der Waals surface area contributed by atoms with Gasteiger partial charge in [-0.25, -0.2) is 0 Å². The standard InChI is InChI=1S/C18H15BrN2O/c1-12-4-2-7-16-18(12)13(11-20-16)8-9-17(22)21-15-6-3-5-14(19)10-15/h2-11,20H,1H3,(H,21,22)/b9-8+. The fraction of sp³-hybridized carbons (Fsp3) is 0.0556. The van der Waals surface area contributed by atoms with Crippen molar-refractivity contribution in [2.75, 3.05) is 5.32 Å². The van der Waals surface area contributed by atoms with E-state index < -0.39 is 0 Å². The second-order valence-corrected chi connectivity index (χ2v) is 5.99. The summed E-state index contributed by atoms with van der Waals surface area (Å²) in [7, 11) is 0. The van der Waals surface area contributed by atoms with Gasteiger partial charge in [-0.15, -0.1) is 0 Å². The van der Waals surface area contributed by atoms with Crippen LogP contribution in [0.1, 0.15) is 11.1 Å². The molecule has 1 amide bonds. The summed E-state index contributed by atoms with van der Waals surface area (Å²) < 4.78 is 0.932. The second-order valence-electron chi connectivity index (χ2n) is 5.07. The van der Waals surface area contributed by atoms with Crippen LogP contribution in [-0.4, -0.2) is 10.9 Å². The van der Waals surface area contributed by atoms with Crippen LogP contribution in [0.5, 0.6) is 0 Å². The number of halogens is 1. The first-order chi connectivity index (χ1) is 10.6. The molecule has 22 heavy (non-hydrogen) atoms. The van der Waals surface area contributed by atoms with Gasteiger partial charge in [-0.3, -0.25) is 4.79 Å². The van der Waals surface area contributed by atoms with Crippen LogP contribution in [0.4, 0.5) is 5.69 Å². The maximum absolute atomic E-state index is 12.0. The van der Waals surface area contributed by atoms with Crippen molar-refractivity contribution in [3.8, 4) is 0 Å². The van der Waals surface area contributed by atoms with E-state index in [1.165, 1.54) is 5.56 Å². The highest BCUT2D eigenvalue weighted by atomic mass is 79.9. The average molecular weight is 355 g/mol. The Kier molecular flexibility index (Phi) is 4.11. The van der Waals surface area contributed by atoms with Gasteiger partial charge in [0, 0.05) is 38.9 Å². The molecule has 0 spiro atoms. The number of rotatable bonds is 3. The second kappa shape index (κ2) is 6.20. The lowest BCUT2D eigenvalue weighted by Crippen LogP contribution is -2.07. The minimum Gasteiger partial charge on any atom is -0.361 e. The van der Waals surface area contributed by atoms with Crippen LogP contribution in [-0.2, 0) is 4.79 Å². The number of carbonyl (C=O) groups excluding carboxylic acids is 1. The highest BCUT2D eigenvalue weighted by molar-refractivity contribution is 9.10. The molecule has 0 aliphatic rings. The third-order valence-electron chi connectivity index (χ3n) is 3.45. The van der Waals surface area contributed by atoms with E-state index in [0.717, 1.165) is 26.6 Å². The number of benzene rings is 2. The van der Waals surface area contributed by atoms with Crippen molar-refractivity contribution in [1.29, 1.82) is 0 Å². The molecule has 0 atom stereocenters. The van der Waals surface area contributed by atoms with Gasteiger partial charge >= 0.3 is 0 Å². The largest absolute Gasteiger partial charge is 0.361 e. The molecule has 110 valence electrons. The zero-order valence-electron chi connectivity index (χ0n) is 12.1. The molecule has 4 heteroatoms. The number of anilines is 1. The van der Waals surface area contributed by atoms with Crippen LogP contribution in [0, 0.1) is 6.92 Å². The Morgan fingerprint density at radius 1 is 1.23 bits per heavy atom. The lowest BCUT2D eigenvalue weighted by Gasteiger charge is -2.02. The summed E-state index contributed by atoms with van der Waals surface area (Å²) in [6.07, 6.45) is 5.30. The van der Waals surface area contributed by atoms with Crippen LogP contribution >= 0.6 is 15.9 Å². The maximum Gasteiger partial charge on any atom is 0.248 e. The summed E-state index contributed by atoms with van der Waals surface area (Å²) in [6, 6.07) is 13.6. The highest BCUT2D eigenvalue weighted by Crippen LogP contribution is 2.23. The first-order valence-electron chi connectivity index (χ1n) is 6.95. The van der Waals surface area contributed by atoms with Crippen molar-refractivity contribution in [2.45, 2.75) is 6.92 Å². The Morgan fingerprint density at radius 2 is 2.05 bits per heavy atom. The van der Waals surface area contributed by atoms with Gasteiger partial charge in [0.25, 0.3) is 0 Å². The number of hydrogen-bond acceptors (Lipinski definition) is 1. The Morgan fingerprint density at radius 3 is 2.86 bits per heavy atom. The van der Waals surface area contributed by atoms with Crippen molar-refractivity contribution in [3.05, 3.63) is 70.3 Å².